The molecule has 6 heteroatoms. The Hall–Kier alpha value is -2.03. The lowest BCUT2D eigenvalue weighted by atomic mass is 10.0. The zero-order valence-electron chi connectivity index (χ0n) is 10.4. The molecule has 0 aliphatic rings. The first-order chi connectivity index (χ1) is 8.45. The van der Waals surface area contributed by atoms with Crippen molar-refractivity contribution in [1.29, 1.82) is 0 Å². The van der Waals surface area contributed by atoms with Gasteiger partial charge in [-0.05, 0) is 12.3 Å². The van der Waals surface area contributed by atoms with Gasteiger partial charge in [-0.1, -0.05) is 6.92 Å². The van der Waals surface area contributed by atoms with Gasteiger partial charge in [0.2, 0.25) is 5.91 Å². The Morgan fingerprint density at radius 1 is 1.33 bits per heavy atom. The Morgan fingerprint density at radius 3 is 2.56 bits per heavy atom. The highest BCUT2D eigenvalue weighted by molar-refractivity contribution is 5.94. The van der Waals surface area contributed by atoms with Crippen LogP contribution >= 0.6 is 0 Å². The number of hydrogen-bond donors (Lipinski definition) is 3. The number of unbranched alkanes of at least 4 members (excludes halogenated alkanes) is 1. The quantitative estimate of drug-likeness (QED) is 0.461. The van der Waals surface area contributed by atoms with Crippen LogP contribution in [0.5, 0.6) is 0 Å². The molecule has 18 heavy (non-hydrogen) atoms. The average Bonchev–Trinajstić information content (AvgIpc) is 2.22. The minimum atomic E-state index is -0.964. The normalized spacial score (nSPS) is 11.1. The Morgan fingerprint density at radius 2 is 2.00 bits per heavy atom. The van der Waals surface area contributed by atoms with Crippen molar-refractivity contribution in [3.63, 3.8) is 0 Å². The van der Waals surface area contributed by atoms with E-state index in [0.29, 0.717) is 19.4 Å². The fourth-order valence-electron chi connectivity index (χ4n) is 1.30. The van der Waals surface area contributed by atoms with Crippen molar-refractivity contribution in [2.75, 3.05) is 6.54 Å². The summed E-state index contributed by atoms with van der Waals surface area (Å²) in [5.74, 6) is 0.672. The molecule has 0 aliphatic carbocycles. The van der Waals surface area contributed by atoms with Crippen LogP contribution < -0.4 is 10.6 Å². The van der Waals surface area contributed by atoms with E-state index in [2.05, 4.69) is 16.6 Å². The summed E-state index contributed by atoms with van der Waals surface area (Å²) in [4.78, 5) is 32.9. The molecule has 0 aromatic heterocycles. The highest BCUT2D eigenvalue weighted by Gasteiger charge is 2.14. The van der Waals surface area contributed by atoms with Crippen LogP contribution in [0.2, 0.25) is 0 Å². The monoisotopic (exact) mass is 254 g/mol. The molecular weight excluding hydrogens is 236 g/mol. The first-order valence-corrected chi connectivity index (χ1v) is 5.68. The van der Waals surface area contributed by atoms with Crippen LogP contribution in [0.3, 0.4) is 0 Å². The lowest BCUT2D eigenvalue weighted by Crippen LogP contribution is -2.40. The molecule has 0 saturated carbocycles. The van der Waals surface area contributed by atoms with E-state index < -0.39 is 17.9 Å². The van der Waals surface area contributed by atoms with Crippen LogP contribution in [-0.4, -0.2) is 29.6 Å². The molecule has 0 spiro atoms. The van der Waals surface area contributed by atoms with Crippen LogP contribution in [0.15, 0.2) is 0 Å². The Kier molecular flexibility index (Phi) is 8.03. The van der Waals surface area contributed by atoms with E-state index in [9.17, 15) is 14.4 Å². The van der Waals surface area contributed by atoms with Gasteiger partial charge in [-0.25, -0.2) is 4.79 Å². The SMILES string of the molecule is C#CCCCNC(=O)NC(=O)CC(C)CC(=O)O. The van der Waals surface area contributed by atoms with E-state index in [1.807, 2.05) is 0 Å². The number of terminal acetylenes is 1. The number of urea groups is 1. The molecule has 1 atom stereocenters. The molecule has 100 valence electrons. The predicted molar refractivity (Wildman–Crippen MR) is 65.6 cm³/mol. The maximum Gasteiger partial charge on any atom is 0.321 e. The van der Waals surface area contributed by atoms with E-state index >= 15 is 0 Å². The Balaban J connectivity index is 3.77. The topological polar surface area (TPSA) is 95.5 Å². The van der Waals surface area contributed by atoms with Crippen LogP contribution in [0.1, 0.15) is 32.6 Å². The second kappa shape index (κ2) is 9.05. The van der Waals surface area contributed by atoms with Gasteiger partial charge < -0.3 is 10.4 Å². The van der Waals surface area contributed by atoms with E-state index in [1.54, 1.807) is 6.92 Å². The van der Waals surface area contributed by atoms with Crippen molar-refractivity contribution in [1.82, 2.24) is 10.6 Å². The van der Waals surface area contributed by atoms with E-state index in [-0.39, 0.29) is 18.8 Å². The van der Waals surface area contributed by atoms with Gasteiger partial charge in [0.05, 0.1) is 0 Å². The highest BCUT2D eigenvalue weighted by Crippen LogP contribution is 2.06. The number of rotatable bonds is 7. The Bertz CT molecular complexity index is 346. The molecule has 0 radical (unpaired) electrons. The number of carboxylic acid groups (broad SMARTS) is 1. The lowest BCUT2D eigenvalue weighted by Gasteiger charge is -2.09. The van der Waals surface area contributed by atoms with Crippen molar-refractivity contribution >= 4 is 17.9 Å². The van der Waals surface area contributed by atoms with Gasteiger partial charge in [0.15, 0.2) is 0 Å². The number of imide groups is 1. The molecule has 6 nitrogen and oxygen atoms in total. The maximum absolute atomic E-state index is 11.3. The Labute approximate surface area is 106 Å². The third kappa shape index (κ3) is 9.21. The minimum absolute atomic E-state index is 0.00404. The average molecular weight is 254 g/mol. The number of carboxylic acids is 1. The van der Waals surface area contributed by atoms with Crippen LogP contribution in [-0.2, 0) is 9.59 Å². The molecule has 0 bridgehead atoms. The zero-order valence-corrected chi connectivity index (χ0v) is 10.4. The lowest BCUT2D eigenvalue weighted by molar-refractivity contribution is -0.138. The van der Waals surface area contributed by atoms with Gasteiger partial charge in [-0.3, -0.25) is 14.9 Å². The van der Waals surface area contributed by atoms with E-state index in [4.69, 9.17) is 11.5 Å². The van der Waals surface area contributed by atoms with Crippen molar-refractivity contribution < 1.29 is 19.5 Å². The summed E-state index contributed by atoms with van der Waals surface area (Å²) >= 11 is 0. The van der Waals surface area contributed by atoms with Gasteiger partial charge in [0.1, 0.15) is 0 Å². The number of carbonyl (C=O) groups is 3. The molecule has 0 heterocycles. The summed E-state index contributed by atoms with van der Waals surface area (Å²) in [6.45, 7) is 2.03. The highest BCUT2D eigenvalue weighted by atomic mass is 16.4. The summed E-state index contributed by atoms with van der Waals surface area (Å²) in [5, 5.41) is 13.1. The van der Waals surface area contributed by atoms with Crippen molar-refractivity contribution in [3.8, 4) is 12.3 Å². The number of carbonyl (C=O) groups excluding carboxylic acids is 2. The summed E-state index contributed by atoms with van der Waals surface area (Å²) < 4.78 is 0. The molecule has 0 aliphatic heterocycles. The summed E-state index contributed by atoms with van der Waals surface area (Å²) in [5.41, 5.74) is 0. The van der Waals surface area contributed by atoms with Crippen LogP contribution in [0.4, 0.5) is 4.79 Å². The van der Waals surface area contributed by atoms with Gasteiger partial charge in [-0.15, -0.1) is 12.3 Å². The molecule has 0 rings (SSSR count). The molecular formula is C12H18N2O4. The third-order valence-corrected chi connectivity index (χ3v) is 2.09. The van der Waals surface area contributed by atoms with Gasteiger partial charge in [-0.2, -0.15) is 0 Å². The number of hydrogen-bond acceptors (Lipinski definition) is 3. The number of amides is 3. The molecule has 0 fully saturated rings. The summed E-state index contributed by atoms with van der Waals surface area (Å²) in [6, 6.07) is -0.584. The third-order valence-electron chi connectivity index (χ3n) is 2.09. The fraction of sp³-hybridized carbons (Fsp3) is 0.583. The first-order valence-electron chi connectivity index (χ1n) is 5.68. The van der Waals surface area contributed by atoms with Crippen LogP contribution in [0, 0.1) is 18.3 Å². The van der Waals surface area contributed by atoms with E-state index in [1.165, 1.54) is 0 Å². The van der Waals surface area contributed by atoms with Crippen molar-refractivity contribution in [3.05, 3.63) is 0 Å². The number of aliphatic carboxylic acids is 1. The molecule has 1 unspecified atom stereocenters. The first kappa shape index (κ1) is 16.0. The fourth-order valence-corrected chi connectivity index (χ4v) is 1.30. The van der Waals surface area contributed by atoms with E-state index in [0.717, 1.165) is 0 Å². The van der Waals surface area contributed by atoms with Crippen molar-refractivity contribution in [2.24, 2.45) is 5.92 Å². The second-order valence-electron chi connectivity index (χ2n) is 4.02. The molecule has 0 saturated heterocycles. The van der Waals surface area contributed by atoms with Crippen LogP contribution in [0.25, 0.3) is 0 Å². The van der Waals surface area contributed by atoms with Crippen molar-refractivity contribution in [2.45, 2.75) is 32.6 Å². The predicted octanol–water partition coefficient (Wildman–Crippen LogP) is 0.726. The van der Waals surface area contributed by atoms with Gasteiger partial charge in [0.25, 0.3) is 0 Å². The maximum atomic E-state index is 11.3. The van der Waals surface area contributed by atoms with Gasteiger partial charge >= 0.3 is 12.0 Å². The van der Waals surface area contributed by atoms with Gasteiger partial charge in [0, 0.05) is 25.8 Å². The number of nitrogens with one attached hydrogen (secondary N) is 2. The summed E-state index contributed by atoms with van der Waals surface area (Å²) in [6.07, 6.45) is 6.15. The smallest absolute Gasteiger partial charge is 0.321 e. The molecule has 3 amide bonds. The summed E-state index contributed by atoms with van der Waals surface area (Å²) in [7, 11) is 0. The molecule has 3 N–H and O–H groups in total. The molecule has 0 aromatic rings. The molecule has 0 aromatic carbocycles. The minimum Gasteiger partial charge on any atom is -0.481 e. The largest absolute Gasteiger partial charge is 0.481 e. The second-order valence-corrected chi connectivity index (χ2v) is 4.02. The standard InChI is InChI=1S/C12H18N2O4/c1-3-4-5-6-13-12(18)14-10(15)7-9(2)8-11(16)17/h1,9H,4-8H2,2H3,(H,16,17)(H2,13,14,15,18). The zero-order chi connectivity index (χ0) is 14.0.